The Morgan fingerprint density at radius 1 is 1.31 bits per heavy atom. The zero-order valence-corrected chi connectivity index (χ0v) is 15.0. The highest BCUT2D eigenvalue weighted by Gasteiger charge is 2.21. The lowest BCUT2D eigenvalue weighted by molar-refractivity contribution is -0.384. The third-order valence-corrected chi connectivity index (χ3v) is 4.01. The zero-order chi connectivity index (χ0) is 19.3. The second-order valence-electron chi connectivity index (χ2n) is 5.54. The molecule has 0 unspecified atom stereocenters. The number of non-ortho nitro benzene ring substituents is 1. The molecule has 0 aliphatic rings. The lowest BCUT2D eigenvalue weighted by atomic mass is 10.2. The lowest BCUT2D eigenvalue weighted by Crippen LogP contribution is -2.41. The summed E-state index contributed by atoms with van der Waals surface area (Å²) in [5.41, 5.74) is 4.89. The van der Waals surface area contributed by atoms with E-state index in [4.69, 9.17) is 11.6 Å². The SMILES string of the molecule is CCCCn1nc(C)c(C(=O)NNC(=O)c2cccc([N+](=O)[O-])c2)c1Cl. The van der Waals surface area contributed by atoms with Gasteiger partial charge in [-0.3, -0.25) is 35.2 Å². The van der Waals surface area contributed by atoms with Crippen LogP contribution in [-0.2, 0) is 6.54 Å². The smallest absolute Gasteiger partial charge is 0.267 e. The highest BCUT2D eigenvalue weighted by molar-refractivity contribution is 6.33. The van der Waals surface area contributed by atoms with Crippen LogP contribution in [-0.4, -0.2) is 26.5 Å². The van der Waals surface area contributed by atoms with E-state index in [1.54, 1.807) is 6.92 Å². The number of amides is 2. The molecule has 9 nitrogen and oxygen atoms in total. The second-order valence-corrected chi connectivity index (χ2v) is 5.90. The summed E-state index contributed by atoms with van der Waals surface area (Å²) < 4.78 is 1.54. The minimum Gasteiger partial charge on any atom is -0.267 e. The first-order chi connectivity index (χ1) is 12.3. The zero-order valence-electron chi connectivity index (χ0n) is 14.3. The molecule has 0 fully saturated rings. The Morgan fingerprint density at radius 2 is 2.00 bits per heavy atom. The van der Waals surface area contributed by atoms with Crippen LogP contribution in [0.15, 0.2) is 24.3 Å². The predicted molar refractivity (Wildman–Crippen MR) is 94.9 cm³/mol. The van der Waals surface area contributed by atoms with Crippen LogP contribution in [0.3, 0.4) is 0 Å². The van der Waals surface area contributed by atoms with Crippen molar-refractivity contribution >= 4 is 29.1 Å². The molecule has 0 spiro atoms. The summed E-state index contributed by atoms with van der Waals surface area (Å²) in [5.74, 6) is -1.30. The molecule has 1 aromatic heterocycles. The standard InChI is InChI=1S/C16H18ClN5O4/c1-3-4-8-21-14(17)13(10(2)20-21)16(24)19-18-15(23)11-6-5-7-12(9-11)22(25)26/h5-7,9H,3-4,8H2,1-2H3,(H,18,23)(H,19,24). The van der Waals surface area contributed by atoms with Gasteiger partial charge in [0.25, 0.3) is 17.5 Å². The number of nitrogens with one attached hydrogen (secondary N) is 2. The predicted octanol–water partition coefficient (Wildman–Crippen LogP) is 2.63. The minimum absolute atomic E-state index is 0.0426. The van der Waals surface area contributed by atoms with Crippen molar-refractivity contribution in [3.05, 3.63) is 56.4 Å². The molecule has 0 aliphatic carbocycles. The Hall–Kier alpha value is -2.94. The van der Waals surface area contributed by atoms with Gasteiger partial charge in [-0.15, -0.1) is 0 Å². The van der Waals surface area contributed by atoms with Crippen LogP contribution in [0.5, 0.6) is 0 Å². The van der Waals surface area contributed by atoms with Crippen molar-refractivity contribution in [2.24, 2.45) is 0 Å². The Balaban J connectivity index is 2.07. The summed E-state index contributed by atoms with van der Waals surface area (Å²) >= 11 is 6.20. The minimum atomic E-state index is -0.686. The number of benzene rings is 1. The van der Waals surface area contributed by atoms with Gasteiger partial charge in [0.2, 0.25) is 0 Å². The molecule has 138 valence electrons. The van der Waals surface area contributed by atoms with Gasteiger partial charge in [0, 0.05) is 24.2 Å². The van der Waals surface area contributed by atoms with E-state index in [2.05, 4.69) is 16.0 Å². The van der Waals surface area contributed by atoms with Gasteiger partial charge in [-0.05, 0) is 19.4 Å². The third kappa shape index (κ3) is 4.37. The van der Waals surface area contributed by atoms with Crippen molar-refractivity contribution in [3.63, 3.8) is 0 Å². The number of aryl methyl sites for hydroxylation is 2. The van der Waals surface area contributed by atoms with Gasteiger partial charge in [-0.2, -0.15) is 5.10 Å². The van der Waals surface area contributed by atoms with Crippen molar-refractivity contribution in [2.45, 2.75) is 33.2 Å². The van der Waals surface area contributed by atoms with Crippen LogP contribution < -0.4 is 10.9 Å². The maximum Gasteiger partial charge on any atom is 0.274 e. The fraction of sp³-hybridized carbons (Fsp3) is 0.312. The van der Waals surface area contributed by atoms with Gasteiger partial charge >= 0.3 is 0 Å². The quantitative estimate of drug-likeness (QED) is 0.590. The van der Waals surface area contributed by atoms with E-state index < -0.39 is 16.7 Å². The number of nitro groups is 1. The Morgan fingerprint density at radius 3 is 2.65 bits per heavy atom. The number of nitrogens with zero attached hydrogens (tertiary/aromatic N) is 3. The molecule has 0 aliphatic heterocycles. The van der Waals surface area contributed by atoms with Gasteiger partial charge in [0.05, 0.1) is 10.6 Å². The molecule has 1 aromatic carbocycles. The summed E-state index contributed by atoms with van der Waals surface area (Å²) in [7, 11) is 0. The number of hydrogen-bond donors (Lipinski definition) is 2. The number of carbonyl (C=O) groups is 2. The van der Waals surface area contributed by atoms with E-state index >= 15 is 0 Å². The van der Waals surface area contributed by atoms with Crippen LogP contribution >= 0.6 is 11.6 Å². The number of hydrazine groups is 1. The van der Waals surface area contributed by atoms with Crippen molar-refractivity contribution in [3.8, 4) is 0 Å². The van der Waals surface area contributed by atoms with Gasteiger partial charge < -0.3 is 0 Å². The van der Waals surface area contributed by atoms with Gasteiger partial charge in [-0.25, -0.2) is 0 Å². The summed E-state index contributed by atoms with van der Waals surface area (Å²) in [5, 5.41) is 15.2. The van der Waals surface area contributed by atoms with Gasteiger partial charge in [0.1, 0.15) is 10.7 Å². The first-order valence-corrected chi connectivity index (χ1v) is 8.31. The number of nitro benzene ring substituents is 1. The molecule has 0 saturated carbocycles. The van der Waals surface area contributed by atoms with Crippen LogP contribution in [0.25, 0.3) is 0 Å². The molecule has 10 heteroatoms. The Labute approximate surface area is 154 Å². The first-order valence-electron chi connectivity index (χ1n) is 7.93. The van der Waals surface area contributed by atoms with Crippen molar-refractivity contribution in [2.75, 3.05) is 0 Å². The number of unbranched alkanes of at least 4 members (excludes halogenated alkanes) is 1. The van der Waals surface area contributed by atoms with Crippen molar-refractivity contribution < 1.29 is 14.5 Å². The Kier molecular flexibility index (Phi) is 6.29. The van der Waals surface area contributed by atoms with E-state index in [-0.39, 0.29) is 22.0 Å². The molecular formula is C16H18ClN5O4. The van der Waals surface area contributed by atoms with E-state index in [1.165, 1.54) is 22.9 Å². The van der Waals surface area contributed by atoms with E-state index in [0.717, 1.165) is 18.9 Å². The maximum absolute atomic E-state index is 12.3. The highest BCUT2D eigenvalue weighted by atomic mass is 35.5. The number of hydrogen-bond acceptors (Lipinski definition) is 5. The normalized spacial score (nSPS) is 10.4. The maximum atomic E-state index is 12.3. The summed E-state index contributed by atoms with van der Waals surface area (Å²) in [6.45, 7) is 4.26. The largest absolute Gasteiger partial charge is 0.274 e. The van der Waals surface area contributed by atoms with Gasteiger partial charge in [-0.1, -0.05) is 31.0 Å². The second kappa shape index (κ2) is 8.43. The molecule has 1 heterocycles. The fourth-order valence-corrected chi connectivity index (χ4v) is 2.62. The highest BCUT2D eigenvalue weighted by Crippen LogP contribution is 2.20. The number of halogens is 1. The average Bonchev–Trinajstić information content (AvgIpc) is 2.91. The van der Waals surface area contributed by atoms with E-state index in [0.29, 0.717) is 12.2 Å². The van der Waals surface area contributed by atoms with E-state index in [9.17, 15) is 19.7 Å². The molecular weight excluding hydrogens is 362 g/mol. The number of aromatic nitrogens is 2. The molecule has 2 rings (SSSR count). The Bertz CT molecular complexity index is 849. The molecule has 2 aromatic rings. The molecule has 26 heavy (non-hydrogen) atoms. The van der Waals surface area contributed by atoms with Crippen LogP contribution in [0.2, 0.25) is 5.15 Å². The average molecular weight is 380 g/mol. The van der Waals surface area contributed by atoms with Crippen LogP contribution in [0.1, 0.15) is 46.2 Å². The first kappa shape index (κ1) is 19.4. The summed E-state index contributed by atoms with van der Waals surface area (Å²) in [6.07, 6.45) is 1.82. The van der Waals surface area contributed by atoms with Crippen molar-refractivity contribution in [1.29, 1.82) is 0 Å². The molecule has 0 radical (unpaired) electrons. The number of rotatable bonds is 6. The summed E-state index contributed by atoms with van der Waals surface area (Å²) in [6, 6.07) is 5.16. The molecule has 0 saturated heterocycles. The molecule has 0 atom stereocenters. The van der Waals surface area contributed by atoms with E-state index in [1.807, 2.05) is 6.92 Å². The van der Waals surface area contributed by atoms with Crippen LogP contribution in [0.4, 0.5) is 5.69 Å². The molecule has 2 amide bonds. The van der Waals surface area contributed by atoms with Gasteiger partial charge in [0.15, 0.2) is 0 Å². The topological polar surface area (TPSA) is 119 Å². The van der Waals surface area contributed by atoms with Crippen molar-refractivity contribution in [1.82, 2.24) is 20.6 Å². The fourth-order valence-electron chi connectivity index (χ4n) is 2.28. The molecule has 2 N–H and O–H groups in total. The third-order valence-electron chi connectivity index (χ3n) is 3.62. The monoisotopic (exact) mass is 379 g/mol. The lowest BCUT2D eigenvalue weighted by Gasteiger charge is -2.07. The van der Waals surface area contributed by atoms with Crippen LogP contribution in [0, 0.1) is 17.0 Å². The number of carbonyl (C=O) groups excluding carboxylic acids is 2. The summed E-state index contributed by atoms with van der Waals surface area (Å²) in [4.78, 5) is 34.5. The molecule has 0 bridgehead atoms.